The van der Waals surface area contributed by atoms with Gasteiger partial charge in [0, 0.05) is 18.7 Å². The number of carbonyl (C=O) groups is 1. The van der Waals surface area contributed by atoms with E-state index < -0.39 is 12.0 Å². The molecule has 0 radical (unpaired) electrons. The van der Waals surface area contributed by atoms with Crippen molar-refractivity contribution in [1.82, 2.24) is 5.32 Å². The lowest BCUT2D eigenvalue weighted by Crippen LogP contribution is -2.41. The largest absolute Gasteiger partial charge is 0.434 e. The highest BCUT2D eigenvalue weighted by molar-refractivity contribution is 5.82. The average Bonchev–Trinajstić information content (AvgIpc) is 2.36. The summed E-state index contributed by atoms with van der Waals surface area (Å²) < 4.78 is 28.8. The van der Waals surface area contributed by atoms with E-state index in [4.69, 9.17) is 5.73 Å². The molecule has 1 rings (SSSR count). The van der Waals surface area contributed by atoms with Crippen molar-refractivity contribution in [3.8, 4) is 5.75 Å². The van der Waals surface area contributed by atoms with Crippen molar-refractivity contribution >= 4 is 5.91 Å². The summed E-state index contributed by atoms with van der Waals surface area (Å²) in [6.07, 6.45) is 0. The van der Waals surface area contributed by atoms with Crippen LogP contribution >= 0.6 is 0 Å². The lowest BCUT2D eigenvalue weighted by atomic mass is 9.92. The molecule has 1 amide bonds. The van der Waals surface area contributed by atoms with E-state index in [1.54, 1.807) is 32.0 Å². The Morgan fingerprint density at radius 2 is 2.05 bits per heavy atom. The van der Waals surface area contributed by atoms with E-state index in [9.17, 15) is 13.6 Å². The molecule has 0 fully saturated rings. The number of rotatable bonds is 6. The van der Waals surface area contributed by atoms with Crippen LogP contribution in [0.4, 0.5) is 8.78 Å². The number of nitrogens with two attached hydrogens (primary N) is 1. The van der Waals surface area contributed by atoms with Crippen molar-refractivity contribution in [2.24, 2.45) is 11.1 Å². The highest BCUT2D eigenvalue weighted by Crippen LogP contribution is 2.20. The Bertz CT molecular complexity index is 436. The number of nitrogens with one attached hydrogen (secondary N) is 1. The highest BCUT2D eigenvalue weighted by atomic mass is 19.3. The van der Waals surface area contributed by atoms with E-state index in [-0.39, 0.29) is 24.7 Å². The highest BCUT2D eigenvalue weighted by Gasteiger charge is 2.25. The minimum absolute atomic E-state index is 0.0587. The van der Waals surface area contributed by atoms with Gasteiger partial charge in [0.05, 0.1) is 5.41 Å². The molecule has 0 saturated carbocycles. The van der Waals surface area contributed by atoms with Crippen LogP contribution in [0.5, 0.6) is 5.75 Å². The molecule has 106 valence electrons. The van der Waals surface area contributed by atoms with Gasteiger partial charge >= 0.3 is 6.61 Å². The summed E-state index contributed by atoms with van der Waals surface area (Å²) in [5.74, 6) is -0.176. The number of hydrogen-bond acceptors (Lipinski definition) is 3. The molecule has 0 aliphatic carbocycles. The zero-order valence-electron chi connectivity index (χ0n) is 11.0. The van der Waals surface area contributed by atoms with Gasteiger partial charge in [-0.2, -0.15) is 8.78 Å². The standard InChI is InChI=1S/C13H18F2N2O2/c1-13(2,8-16)11(18)17-7-9-5-3-4-6-10(9)19-12(14)15/h3-6,12H,7-8,16H2,1-2H3,(H,17,18). The molecule has 0 aromatic heterocycles. The minimum atomic E-state index is -2.89. The van der Waals surface area contributed by atoms with Crippen LogP contribution in [-0.4, -0.2) is 19.1 Å². The molecule has 0 spiro atoms. The van der Waals surface area contributed by atoms with E-state index >= 15 is 0 Å². The lowest BCUT2D eigenvalue weighted by Gasteiger charge is -2.21. The number of carbonyl (C=O) groups excluding carboxylic acids is 1. The molecule has 0 aliphatic heterocycles. The van der Waals surface area contributed by atoms with Crippen molar-refractivity contribution in [2.75, 3.05) is 6.54 Å². The van der Waals surface area contributed by atoms with Gasteiger partial charge in [0.2, 0.25) is 5.91 Å². The van der Waals surface area contributed by atoms with Crippen LogP contribution in [0.15, 0.2) is 24.3 Å². The molecule has 3 N–H and O–H groups in total. The van der Waals surface area contributed by atoms with Gasteiger partial charge in [-0.25, -0.2) is 0 Å². The molecule has 0 aliphatic rings. The zero-order chi connectivity index (χ0) is 14.5. The average molecular weight is 272 g/mol. The number of benzene rings is 1. The predicted molar refractivity (Wildman–Crippen MR) is 67.8 cm³/mol. The molecule has 1 aromatic carbocycles. The van der Waals surface area contributed by atoms with E-state index in [0.717, 1.165) is 0 Å². The van der Waals surface area contributed by atoms with Gasteiger partial charge in [-0.05, 0) is 19.9 Å². The molecule has 19 heavy (non-hydrogen) atoms. The lowest BCUT2D eigenvalue weighted by molar-refractivity contribution is -0.129. The van der Waals surface area contributed by atoms with Gasteiger partial charge in [0.15, 0.2) is 0 Å². The third-order valence-corrected chi connectivity index (χ3v) is 2.75. The third kappa shape index (κ3) is 4.48. The molecule has 0 atom stereocenters. The molecule has 0 saturated heterocycles. The normalized spacial score (nSPS) is 11.5. The van der Waals surface area contributed by atoms with Crippen LogP contribution in [0, 0.1) is 5.41 Å². The van der Waals surface area contributed by atoms with Gasteiger partial charge in [-0.15, -0.1) is 0 Å². The second-order valence-corrected chi connectivity index (χ2v) is 4.76. The summed E-state index contributed by atoms with van der Waals surface area (Å²) in [5, 5.41) is 2.66. The maximum Gasteiger partial charge on any atom is 0.387 e. The minimum Gasteiger partial charge on any atom is -0.434 e. The molecule has 0 bridgehead atoms. The number of para-hydroxylation sites is 1. The zero-order valence-corrected chi connectivity index (χ0v) is 11.0. The smallest absolute Gasteiger partial charge is 0.387 e. The van der Waals surface area contributed by atoms with E-state index in [1.807, 2.05) is 0 Å². The van der Waals surface area contributed by atoms with Crippen LogP contribution in [0.1, 0.15) is 19.4 Å². The van der Waals surface area contributed by atoms with Crippen molar-refractivity contribution in [3.63, 3.8) is 0 Å². The maximum absolute atomic E-state index is 12.2. The van der Waals surface area contributed by atoms with Crippen molar-refractivity contribution in [2.45, 2.75) is 27.0 Å². The molecule has 1 aromatic rings. The molecule has 4 nitrogen and oxygen atoms in total. The summed E-state index contributed by atoms with van der Waals surface area (Å²) in [6, 6.07) is 6.33. The Hall–Kier alpha value is -1.69. The first-order chi connectivity index (χ1) is 8.86. The van der Waals surface area contributed by atoms with Crippen molar-refractivity contribution in [3.05, 3.63) is 29.8 Å². The number of hydrogen-bond donors (Lipinski definition) is 2. The number of alkyl halides is 2. The number of ether oxygens (including phenoxy) is 1. The van der Waals surface area contributed by atoms with Crippen LogP contribution < -0.4 is 15.8 Å². The molecular weight excluding hydrogens is 254 g/mol. The van der Waals surface area contributed by atoms with Crippen molar-refractivity contribution < 1.29 is 18.3 Å². The van der Waals surface area contributed by atoms with Gasteiger partial charge in [0.25, 0.3) is 0 Å². The second kappa shape index (κ2) is 6.47. The van der Waals surface area contributed by atoms with Crippen LogP contribution in [0.2, 0.25) is 0 Å². The monoisotopic (exact) mass is 272 g/mol. The first-order valence-corrected chi connectivity index (χ1v) is 5.88. The van der Waals surface area contributed by atoms with E-state index in [1.165, 1.54) is 6.07 Å². The van der Waals surface area contributed by atoms with Gasteiger partial charge in [0.1, 0.15) is 5.75 Å². The topological polar surface area (TPSA) is 64.4 Å². The fourth-order valence-electron chi connectivity index (χ4n) is 1.37. The summed E-state index contributed by atoms with van der Waals surface area (Å²) in [5.41, 5.74) is 5.28. The number of amides is 1. The predicted octanol–water partition coefficient (Wildman–Crippen LogP) is 1.89. The molecule has 0 heterocycles. The third-order valence-electron chi connectivity index (χ3n) is 2.75. The summed E-state index contributed by atoms with van der Waals surface area (Å²) in [7, 11) is 0. The van der Waals surface area contributed by atoms with Gasteiger partial charge < -0.3 is 15.8 Å². The maximum atomic E-state index is 12.2. The Morgan fingerprint density at radius 1 is 1.42 bits per heavy atom. The van der Waals surface area contributed by atoms with E-state index in [0.29, 0.717) is 5.56 Å². The summed E-state index contributed by atoms with van der Waals surface area (Å²) in [6.45, 7) is 0.852. The first-order valence-electron chi connectivity index (χ1n) is 5.88. The summed E-state index contributed by atoms with van der Waals surface area (Å²) in [4.78, 5) is 11.8. The van der Waals surface area contributed by atoms with Crippen LogP contribution in [-0.2, 0) is 11.3 Å². The Labute approximate surface area is 110 Å². The van der Waals surface area contributed by atoms with Crippen molar-refractivity contribution in [1.29, 1.82) is 0 Å². The molecular formula is C13H18F2N2O2. The van der Waals surface area contributed by atoms with Gasteiger partial charge in [-0.3, -0.25) is 4.79 Å². The second-order valence-electron chi connectivity index (χ2n) is 4.76. The van der Waals surface area contributed by atoms with Crippen LogP contribution in [0.25, 0.3) is 0 Å². The quantitative estimate of drug-likeness (QED) is 0.831. The van der Waals surface area contributed by atoms with Crippen LogP contribution in [0.3, 0.4) is 0 Å². The first kappa shape index (κ1) is 15.4. The fourth-order valence-corrected chi connectivity index (χ4v) is 1.37. The molecule has 6 heteroatoms. The van der Waals surface area contributed by atoms with E-state index in [2.05, 4.69) is 10.1 Å². The number of halogens is 2. The Kier molecular flexibility index (Phi) is 5.23. The fraction of sp³-hybridized carbons (Fsp3) is 0.462. The Morgan fingerprint density at radius 3 is 2.63 bits per heavy atom. The summed E-state index contributed by atoms with van der Waals surface area (Å²) >= 11 is 0. The Balaban J connectivity index is 2.70. The SMILES string of the molecule is CC(C)(CN)C(=O)NCc1ccccc1OC(F)F. The molecule has 0 unspecified atom stereocenters. The van der Waals surface area contributed by atoms with Gasteiger partial charge in [-0.1, -0.05) is 18.2 Å².